The molecule has 0 amide bonds. The normalized spacial score (nSPS) is 44.1. The summed E-state index contributed by atoms with van der Waals surface area (Å²) in [5.74, 6) is 0.314. The van der Waals surface area contributed by atoms with Crippen LogP contribution in [0.2, 0.25) is 0 Å². The Balaban J connectivity index is 0.000000198. The third-order valence-corrected chi connectivity index (χ3v) is 24.8. The van der Waals surface area contributed by atoms with Gasteiger partial charge in [-0.15, -0.1) is 0 Å². The molecule has 6 aliphatic heterocycles. The van der Waals surface area contributed by atoms with Gasteiger partial charge in [0.2, 0.25) is 0 Å². The van der Waals surface area contributed by atoms with Crippen LogP contribution in [0.15, 0.2) is 36.4 Å². The standard InChI is InChI=1S/C21H43N5O7.C20H41N5O7.C19H39N5O7.C18H22O4/c1-9(25-3)13-6-5-10(22)19(31-13)32-16-11(23)7-12(24)17(14(16)27)33-20-15(28)18(26-4)21(2,29)8-30-20;1-8(21)12-5-4-9(22)18(30-12)31-15-10(23)6-11(24)16(13(15)26)32-19-14(27)17(25-3)20(2,28)7-29-19;1-19(27)7-28-18(13(26)16(19)24-2)31-15-11(23)5-10(22)14(12(15)25)30-17-9(21)4-3-8(6-20)29-17;1-11(7-13-3-5-15(19)17(21)9-13)12(2)8-14-4-6-16(20)18(22)10-14/h9-20,25-29H,5-8,22-24H2,1-4H3;8-19,25-28H,4-7,21-24H2,1-3H3;8-18,24-27H,3-7,20-23H2,1-2H3;3-6,9-12,19-22H,7-8H2,1-2H3/t9-,10-,11+,12-,13+,14+,15-,16-,17+,18-,19-,20-,21+;8-,9-,10+,11-,12+,13+,14-,15-,16+,17-,18-,19-,20+;8-,9+,10-,11+,12-,13+,14+,15-,16+,17+,18+,19-;11-,12+/m110./s1. The number of nitrogens with one attached hydrogen (secondary N) is 4. The molecule has 682 valence electrons. The number of ether oxygens (including phenoxy) is 12. The van der Waals surface area contributed by atoms with E-state index in [-0.39, 0.29) is 91.3 Å². The third-order valence-electron chi connectivity index (χ3n) is 24.8. The van der Waals surface area contributed by atoms with Gasteiger partial charge in [-0.25, -0.2) is 0 Å². The van der Waals surface area contributed by atoms with Crippen molar-refractivity contribution in [1.82, 2.24) is 21.3 Å². The molecule has 40 atom stereocenters. The molecule has 40 heteroatoms. The lowest BCUT2D eigenvalue weighted by Gasteiger charge is -2.48. The minimum absolute atomic E-state index is 0.0620. The molecule has 11 rings (SSSR count). The van der Waals surface area contributed by atoms with E-state index in [1.807, 2.05) is 33.0 Å². The second kappa shape index (κ2) is 43.9. The first-order chi connectivity index (χ1) is 55.4. The molecule has 9 aliphatic rings. The van der Waals surface area contributed by atoms with Crippen LogP contribution >= 0.6 is 0 Å². The van der Waals surface area contributed by atoms with E-state index in [9.17, 15) is 66.4 Å². The maximum absolute atomic E-state index is 11.1. The van der Waals surface area contributed by atoms with E-state index in [0.29, 0.717) is 56.9 Å². The lowest BCUT2D eigenvalue weighted by molar-refractivity contribution is -0.307. The van der Waals surface area contributed by atoms with Gasteiger partial charge in [0, 0.05) is 54.9 Å². The SMILES string of the molecule is CN[C@@H]1[C@@H](O)[C@@H](O[C@@H]2[C@@H](O)[C@H](O[C@H]3O[C@H](CN)CC[C@H]3N)[C@@H](N)C[C@H]2N)OC[C@]1(C)O.CN[C@@H]1[C@@H](O)[C@@H](O[C@@H]2[C@@H](O)[C@H](O[C@H]3O[C@H]([C@@H](C)N)CC[C@H]3N)[C@@H](N)C[C@H]2N)OC[C@]1(C)O.CN[C@@H]1[C@@H](O)[C@@H](O[C@@H]2[C@@H](O)[C@H](O[C@H]3O[C@H]([C@@H](C)NC)CC[C@H]3N)[C@@H](N)C[C@H]2N)OC[C@]1(C)O.C[C@H](Cc1ccc(O)c(O)c1)[C@@H](C)Cc1ccc(O)c(O)c1. The van der Waals surface area contributed by atoms with Crippen LogP contribution in [-0.2, 0) is 69.7 Å². The number of aliphatic hydroxyl groups is 9. The Morgan fingerprint density at radius 3 is 0.975 bits per heavy atom. The minimum Gasteiger partial charge on any atom is -0.504 e. The molecular weight excluding hydrogens is 1550 g/mol. The van der Waals surface area contributed by atoms with Gasteiger partial charge in [-0.2, -0.15) is 0 Å². The zero-order chi connectivity index (χ0) is 87.5. The van der Waals surface area contributed by atoms with Crippen molar-refractivity contribution in [3.8, 4) is 23.0 Å². The molecule has 0 unspecified atom stereocenters. The first kappa shape index (κ1) is 99.6. The number of phenolic OH excluding ortho intramolecular Hbond substituents is 4. The van der Waals surface area contributed by atoms with E-state index in [2.05, 4.69) is 35.1 Å². The average Bonchev–Trinajstić information content (AvgIpc) is 0.783. The summed E-state index contributed by atoms with van der Waals surface area (Å²) in [5.41, 5.74) is 65.8. The van der Waals surface area contributed by atoms with Gasteiger partial charge in [0.05, 0.1) is 74.4 Å². The van der Waals surface area contributed by atoms with Crippen LogP contribution in [0.3, 0.4) is 0 Å². The molecule has 3 saturated carbocycles. The van der Waals surface area contributed by atoms with Crippen LogP contribution in [0.5, 0.6) is 23.0 Å². The molecule has 118 heavy (non-hydrogen) atoms. The molecule has 6 heterocycles. The lowest BCUT2D eigenvalue weighted by atomic mass is 9.84. The Morgan fingerprint density at radius 2 is 0.686 bits per heavy atom. The average molecular weight is 1690 g/mol. The highest BCUT2D eigenvalue weighted by molar-refractivity contribution is 5.42. The van der Waals surface area contributed by atoms with Gasteiger partial charge in [-0.1, -0.05) is 26.0 Å². The highest BCUT2D eigenvalue weighted by Gasteiger charge is 2.56. The molecule has 39 N–H and O–H groups in total. The Labute approximate surface area is 691 Å². The van der Waals surface area contributed by atoms with Crippen LogP contribution in [0.25, 0.3) is 0 Å². The first-order valence-electron chi connectivity index (χ1n) is 41.4. The van der Waals surface area contributed by atoms with Crippen molar-refractivity contribution in [2.24, 2.45) is 74.9 Å². The quantitative estimate of drug-likeness (QED) is 0.0434. The lowest BCUT2D eigenvalue weighted by Crippen LogP contribution is -2.68. The second-order valence-electron chi connectivity index (χ2n) is 34.8. The Kier molecular flexibility index (Phi) is 37.1. The maximum atomic E-state index is 11.1. The number of aliphatic hydroxyl groups excluding tert-OH is 6. The highest BCUT2D eigenvalue weighted by atomic mass is 16.7. The molecule has 9 fully saturated rings. The topological polar surface area (TPSA) is 708 Å². The monoisotopic (exact) mass is 1690 g/mol. The molecular formula is C78H145N15O25. The van der Waals surface area contributed by atoms with Crippen molar-refractivity contribution >= 4 is 0 Å². The predicted octanol–water partition coefficient (Wildman–Crippen LogP) is -7.33. The zero-order valence-electron chi connectivity index (χ0n) is 70.0. The zero-order valence-corrected chi connectivity index (χ0v) is 70.0. The number of rotatable bonds is 24. The van der Waals surface area contributed by atoms with E-state index in [0.717, 1.165) is 43.2 Å². The van der Waals surface area contributed by atoms with Crippen LogP contribution in [0.1, 0.15) is 117 Å². The molecule has 6 saturated heterocycles. The van der Waals surface area contributed by atoms with E-state index in [4.69, 9.17) is 120 Å². The number of benzene rings is 2. The summed E-state index contributed by atoms with van der Waals surface area (Å²) in [6.45, 7) is 13.0. The van der Waals surface area contributed by atoms with Crippen molar-refractivity contribution in [3.05, 3.63) is 47.5 Å². The van der Waals surface area contributed by atoms with Gasteiger partial charge in [0.25, 0.3) is 0 Å². The summed E-state index contributed by atoms with van der Waals surface area (Å²) >= 11 is 0. The summed E-state index contributed by atoms with van der Waals surface area (Å²) in [4.78, 5) is 0. The Bertz CT molecular complexity index is 3270. The third kappa shape index (κ3) is 25.1. The fraction of sp³-hybridized carbons (Fsp3) is 0.846. The number of phenols is 4. The first-order valence-corrected chi connectivity index (χ1v) is 41.4. The molecule has 0 aromatic heterocycles. The maximum Gasteiger partial charge on any atom is 0.185 e. The van der Waals surface area contributed by atoms with Gasteiger partial charge >= 0.3 is 0 Å². The van der Waals surface area contributed by atoms with Gasteiger partial charge in [0.1, 0.15) is 90.1 Å². The summed E-state index contributed by atoms with van der Waals surface area (Å²) < 4.78 is 70.4. The minimum atomic E-state index is -1.29. The van der Waals surface area contributed by atoms with Gasteiger partial charge in [-0.3, -0.25) is 0 Å². The molecule has 0 radical (unpaired) electrons. The van der Waals surface area contributed by atoms with E-state index < -0.39 is 182 Å². The van der Waals surface area contributed by atoms with E-state index in [1.165, 1.54) is 12.1 Å². The molecule has 3 aliphatic carbocycles. The fourth-order valence-corrected chi connectivity index (χ4v) is 17.1. The summed E-state index contributed by atoms with van der Waals surface area (Å²) in [6.07, 6.45) is -11.7. The summed E-state index contributed by atoms with van der Waals surface area (Å²) in [6, 6.07) is 2.96. The van der Waals surface area contributed by atoms with Gasteiger partial charge in [-0.05, 0) is 181 Å². The van der Waals surface area contributed by atoms with Gasteiger partial charge in [0.15, 0.2) is 60.7 Å². The van der Waals surface area contributed by atoms with E-state index >= 15 is 0 Å². The highest BCUT2D eigenvalue weighted by Crippen LogP contribution is 2.38. The largest absolute Gasteiger partial charge is 0.504 e. The number of aromatic hydroxyl groups is 4. The van der Waals surface area contributed by atoms with Crippen molar-refractivity contribution in [1.29, 1.82) is 0 Å². The number of nitrogens with two attached hydrogens (primary N) is 11. The smallest absolute Gasteiger partial charge is 0.185 e. The van der Waals surface area contributed by atoms with Crippen molar-refractivity contribution in [2.75, 3.05) is 54.6 Å². The fourth-order valence-electron chi connectivity index (χ4n) is 17.1. The van der Waals surface area contributed by atoms with Crippen molar-refractivity contribution in [2.45, 2.75) is 350 Å². The molecule has 0 bridgehead atoms. The van der Waals surface area contributed by atoms with Crippen LogP contribution < -0.4 is 84.3 Å². The number of likely N-dealkylation sites (N-methyl/N-ethyl adjacent to an activating group) is 4. The number of hydrogen-bond acceptors (Lipinski definition) is 40. The van der Waals surface area contributed by atoms with Crippen LogP contribution in [-0.4, -0.2) is 352 Å². The van der Waals surface area contributed by atoms with Crippen molar-refractivity contribution < 1.29 is 123 Å². The second-order valence-corrected chi connectivity index (χ2v) is 34.8. The Hall–Kier alpha value is -3.80. The molecule has 0 spiro atoms. The molecule has 2 aromatic rings. The van der Waals surface area contributed by atoms with Gasteiger partial charge < -0.3 is 208 Å². The van der Waals surface area contributed by atoms with Crippen LogP contribution in [0, 0.1) is 11.8 Å². The predicted molar refractivity (Wildman–Crippen MR) is 431 cm³/mol. The van der Waals surface area contributed by atoms with Crippen molar-refractivity contribution in [3.63, 3.8) is 0 Å². The molecule has 40 nitrogen and oxygen atoms in total. The summed E-state index contributed by atoms with van der Waals surface area (Å²) in [5, 5.41) is 146. The summed E-state index contributed by atoms with van der Waals surface area (Å²) in [7, 11) is 6.74. The van der Waals surface area contributed by atoms with E-state index in [1.54, 1.807) is 54.0 Å². The van der Waals surface area contributed by atoms with Crippen LogP contribution in [0.4, 0.5) is 0 Å². The molecule has 2 aromatic carbocycles. The number of hydrogen-bond donors (Lipinski definition) is 28. The Morgan fingerprint density at radius 1 is 0.398 bits per heavy atom.